The minimum atomic E-state index is -1.26. The Kier molecular flexibility index (Phi) is 7.63. The Hall–Kier alpha value is -1.52. The van der Waals surface area contributed by atoms with Crippen molar-refractivity contribution >= 4 is 11.9 Å². The molecule has 4 rings (SSSR count). The lowest BCUT2D eigenvalue weighted by Crippen LogP contribution is -2.80. The normalized spacial score (nSPS) is 47.7. The van der Waals surface area contributed by atoms with Crippen LogP contribution in [-0.4, -0.2) is 62.7 Å². The highest BCUT2D eigenvalue weighted by Crippen LogP contribution is 2.70. The number of esters is 1. The van der Waals surface area contributed by atoms with Crippen molar-refractivity contribution in [3.05, 3.63) is 11.1 Å². The lowest BCUT2D eigenvalue weighted by molar-refractivity contribution is -0.198. The van der Waals surface area contributed by atoms with Gasteiger partial charge < -0.3 is 37.3 Å². The molecule has 0 amide bonds. The number of carboxylic acid groups (broad SMARTS) is 1. The van der Waals surface area contributed by atoms with Crippen molar-refractivity contribution in [3.63, 3.8) is 0 Å². The maximum absolute atomic E-state index is 12.7. The molecule has 0 aliphatic heterocycles. The number of hydrogen-bond acceptors (Lipinski definition) is 8. The summed E-state index contributed by atoms with van der Waals surface area (Å²) in [5.74, 6) is -1.50. The molecule has 0 spiro atoms. The highest BCUT2D eigenvalue weighted by atomic mass is 16.5. The zero-order chi connectivity index (χ0) is 28.4. The van der Waals surface area contributed by atoms with Crippen LogP contribution < -0.4 is 17.2 Å². The summed E-state index contributed by atoms with van der Waals surface area (Å²) in [6, 6.07) is -0.393. The van der Waals surface area contributed by atoms with Crippen molar-refractivity contribution in [1.29, 1.82) is 0 Å². The zero-order valence-corrected chi connectivity index (χ0v) is 23.7. The lowest BCUT2D eigenvalue weighted by atomic mass is 9.38. The quantitative estimate of drug-likeness (QED) is 0.219. The van der Waals surface area contributed by atoms with Gasteiger partial charge in [0.15, 0.2) is 0 Å². The Balaban J connectivity index is 1.86. The second-order valence-electron chi connectivity index (χ2n) is 13.7. The number of aliphatic carboxylic acids is 1. The third kappa shape index (κ3) is 4.15. The van der Waals surface area contributed by atoms with Crippen LogP contribution in [0.25, 0.3) is 0 Å². The van der Waals surface area contributed by atoms with E-state index in [1.54, 1.807) is 0 Å². The van der Waals surface area contributed by atoms with Crippen LogP contribution in [0.5, 0.6) is 0 Å². The van der Waals surface area contributed by atoms with Gasteiger partial charge >= 0.3 is 11.9 Å². The van der Waals surface area contributed by atoms with Crippen molar-refractivity contribution in [3.8, 4) is 0 Å². The molecule has 4 fully saturated rings. The van der Waals surface area contributed by atoms with E-state index in [0.29, 0.717) is 56.4 Å². The zero-order valence-electron chi connectivity index (χ0n) is 23.7. The van der Waals surface area contributed by atoms with E-state index in [-0.39, 0.29) is 23.8 Å². The first-order valence-corrected chi connectivity index (χ1v) is 14.4. The van der Waals surface area contributed by atoms with Gasteiger partial charge in [0.1, 0.15) is 6.10 Å². The standard InChI is InChI=1S/C29H49N3O6/c1-15(2)7-6-8-17(25(36)37)22-21(38-16(3)33)14-27(5)28(31)12-9-18-23(30)19(34)10-11-26(18,4)24(28)20(35)13-29(22,27)32/h15,18-21,23-24,34-35H,6-14,30-32H2,1-5H3,(H,36,37)/b22-17+/t18-,19+,20+,21-,23-,24-,26-,27+,28+,29+/m0/s1. The fourth-order valence-electron chi connectivity index (χ4n) is 9.43. The highest BCUT2D eigenvalue weighted by molar-refractivity contribution is 5.89. The largest absolute Gasteiger partial charge is 0.478 e. The molecule has 4 aliphatic rings. The molecule has 0 radical (unpaired) electrons. The van der Waals surface area contributed by atoms with Crippen molar-refractivity contribution in [2.24, 2.45) is 45.8 Å². The van der Waals surface area contributed by atoms with E-state index in [9.17, 15) is 24.9 Å². The number of aliphatic hydroxyl groups is 2. The third-order valence-electron chi connectivity index (χ3n) is 11.3. The molecule has 216 valence electrons. The minimum absolute atomic E-state index is 0.00254. The summed E-state index contributed by atoms with van der Waals surface area (Å²) in [6.45, 7) is 9.64. The fourth-order valence-corrected chi connectivity index (χ4v) is 9.43. The van der Waals surface area contributed by atoms with Crippen LogP contribution in [0.1, 0.15) is 92.4 Å². The Morgan fingerprint density at radius 3 is 2.32 bits per heavy atom. The van der Waals surface area contributed by atoms with Crippen LogP contribution in [0.2, 0.25) is 0 Å². The number of aliphatic hydroxyl groups excluding tert-OH is 2. The Morgan fingerprint density at radius 2 is 1.74 bits per heavy atom. The fraction of sp³-hybridized carbons (Fsp3) is 0.862. The van der Waals surface area contributed by atoms with E-state index in [4.69, 9.17) is 21.9 Å². The maximum atomic E-state index is 12.7. The first-order valence-electron chi connectivity index (χ1n) is 14.4. The lowest BCUT2D eigenvalue weighted by Gasteiger charge is -2.70. The molecule has 9 N–H and O–H groups in total. The number of rotatable bonds is 6. The van der Waals surface area contributed by atoms with Gasteiger partial charge in [0.25, 0.3) is 0 Å². The van der Waals surface area contributed by atoms with Gasteiger partial charge in [-0.25, -0.2) is 4.79 Å². The molecule has 0 aromatic heterocycles. The van der Waals surface area contributed by atoms with Gasteiger partial charge in [-0.3, -0.25) is 4.79 Å². The van der Waals surface area contributed by atoms with Crippen molar-refractivity contribution in [2.45, 2.75) is 128 Å². The summed E-state index contributed by atoms with van der Waals surface area (Å²) in [4.78, 5) is 24.9. The summed E-state index contributed by atoms with van der Waals surface area (Å²) < 4.78 is 5.80. The Labute approximate surface area is 226 Å². The van der Waals surface area contributed by atoms with Gasteiger partial charge in [-0.15, -0.1) is 0 Å². The topological polar surface area (TPSA) is 182 Å². The van der Waals surface area contributed by atoms with Crippen LogP contribution in [0, 0.1) is 28.6 Å². The molecule has 10 atom stereocenters. The number of carboxylic acids is 1. The van der Waals surface area contributed by atoms with Crippen LogP contribution in [0.4, 0.5) is 0 Å². The van der Waals surface area contributed by atoms with Crippen LogP contribution in [-0.2, 0) is 14.3 Å². The Morgan fingerprint density at radius 1 is 1.08 bits per heavy atom. The first-order chi connectivity index (χ1) is 17.5. The Bertz CT molecular complexity index is 1000. The van der Waals surface area contributed by atoms with Crippen molar-refractivity contribution < 1.29 is 29.6 Å². The predicted molar refractivity (Wildman–Crippen MR) is 144 cm³/mol. The monoisotopic (exact) mass is 535 g/mol. The van der Waals surface area contributed by atoms with E-state index >= 15 is 0 Å². The second-order valence-corrected chi connectivity index (χ2v) is 13.7. The summed E-state index contributed by atoms with van der Waals surface area (Å²) in [5.41, 5.74) is 18.4. The smallest absolute Gasteiger partial charge is 0.331 e. The predicted octanol–water partition coefficient (Wildman–Crippen LogP) is 2.21. The molecule has 0 aromatic rings. The van der Waals surface area contributed by atoms with Gasteiger partial charge in [0.2, 0.25) is 0 Å². The molecule has 4 aliphatic carbocycles. The number of hydrogen-bond donors (Lipinski definition) is 6. The average molecular weight is 536 g/mol. The third-order valence-corrected chi connectivity index (χ3v) is 11.3. The van der Waals surface area contributed by atoms with E-state index in [1.807, 2.05) is 6.92 Å². The molecular formula is C29H49N3O6. The van der Waals surface area contributed by atoms with Gasteiger partial charge in [-0.1, -0.05) is 34.1 Å². The molecule has 0 heterocycles. The van der Waals surface area contributed by atoms with E-state index < -0.39 is 58.2 Å². The molecule has 0 bridgehead atoms. The molecule has 38 heavy (non-hydrogen) atoms. The van der Waals surface area contributed by atoms with Crippen molar-refractivity contribution in [1.82, 2.24) is 0 Å². The molecule has 0 unspecified atom stereocenters. The number of carbonyl (C=O) groups is 2. The van der Waals surface area contributed by atoms with Gasteiger partial charge in [-0.2, -0.15) is 0 Å². The second kappa shape index (κ2) is 9.84. The highest BCUT2D eigenvalue weighted by Gasteiger charge is 2.75. The van der Waals surface area contributed by atoms with Crippen LogP contribution in [0.15, 0.2) is 11.1 Å². The van der Waals surface area contributed by atoms with Gasteiger partial charge in [0, 0.05) is 41.0 Å². The van der Waals surface area contributed by atoms with E-state index in [0.717, 1.165) is 6.42 Å². The average Bonchev–Trinajstić information content (AvgIpc) is 3.00. The summed E-state index contributed by atoms with van der Waals surface area (Å²) in [7, 11) is 0. The SMILES string of the molecule is CC(=O)O[C@H]1C[C@@]2(C)[C@@](N)(C[C@@H](O)[C@H]3[C@@]4(C)CC[C@@H](O)[C@@H](N)[C@@H]4CC[C@@]32N)/C1=C(\CCCC(C)C)C(=O)O. The maximum Gasteiger partial charge on any atom is 0.331 e. The van der Waals surface area contributed by atoms with E-state index in [2.05, 4.69) is 20.8 Å². The van der Waals surface area contributed by atoms with Gasteiger partial charge in [0.05, 0.1) is 17.7 Å². The summed E-state index contributed by atoms with van der Waals surface area (Å²) in [5, 5.41) is 32.8. The molecule has 0 saturated heterocycles. The molecule has 9 nitrogen and oxygen atoms in total. The molecular weight excluding hydrogens is 486 g/mol. The van der Waals surface area contributed by atoms with Crippen LogP contribution >= 0.6 is 0 Å². The first kappa shape index (κ1) is 29.5. The minimum Gasteiger partial charge on any atom is -0.478 e. The number of fused-ring (bicyclic) bond motifs is 5. The molecule has 0 aromatic carbocycles. The van der Waals surface area contributed by atoms with Gasteiger partial charge in [-0.05, 0) is 68.6 Å². The van der Waals surface area contributed by atoms with Crippen molar-refractivity contribution in [2.75, 3.05) is 0 Å². The summed E-state index contributed by atoms with van der Waals surface area (Å²) in [6.07, 6.45) is 2.39. The van der Waals surface area contributed by atoms with Crippen LogP contribution in [0.3, 0.4) is 0 Å². The number of ether oxygens (including phenoxy) is 1. The number of carbonyl (C=O) groups excluding carboxylic acids is 1. The van der Waals surface area contributed by atoms with E-state index in [1.165, 1.54) is 6.92 Å². The molecule has 4 saturated carbocycles. The number of nitrogens with two attached hydrogens (primary N) is 3. The summed E-state index contributed by atoms with van der Waals surface area (Å²) >= 11 is 0. The molecule has 9 heteroatoms.